The molecular weight excluding hydrogens is 336 g/mol. The third-order valence-corrected chi connectivity index (χ3v) is 5.29. The smallest absolute Gasteiger partial charge is 0.204 e. The second kappa shape index (κ2) is 6.63. The number of para-hydroxylation sites is 2. The number of nitrogens with zero attached hydrogens (tertiary/aromatic N) is 6. The number of hydrogen-bond acceptors (Lipinski definition) is 5. The second-order valence-electron chi connectivity index (χ2n) is 7.08. The van der Waals surface area contributed by atoms with Gasteiger partial charge in [-0.3, -0.25) is 9.30 Å². The minimum Gasteiger partial charge on any atom is -0.351 e. The first-order valence-corrected chi connectivity index (χ1v) is 9.41. The molecule has 6 nitrogen and oxygen atoms in total. The molecule has 1 fully saturated rings. The highest BCUT2D eigenvalue weighted by molar-refractivity contribution is 5.83. The van der Waals surface area contributed by atoms with Crippen molar-refractivity contribution in [1.29, 1.82) is 0 Å². The molecule has 4 aromatic rings. The molecule has 0 N–H and O–H groups in total. The van der Waals surface area contributed by atoms with E-state index in [0.29, 0.717) is 0 Å². The van der Waals surface area contributed by atoms with Crippen molar-refractivity contribution in [3.05, 3.63) is 66.0 Å². The van der Waals surface area contributed by atoms with Crippen LogP contribution in [0.3, 0.4) is 0 Å². The van der Waals surface area contributed by atoms with Gasteiger partial charge in [0, 0.05) is 32.7 Å². The Bertz CT molecular complexity index is 1080. The van der Waals surface area contributed by atoms with Crippen LogP contribution in [0.2, 0.25) is 0 Å². The van der Waals surface area contributed by atoms with Crippen molar-refractivity contribution in [1.82, 2.24) is 24.5 Å². The lowest BCUT2D eigenvalue weighted by atomic mass is 10.2. The number of anilines is 1. The van der Waals surface area contributed by atoms with Gasteiger partial charge in [-0.15, -0.1) is 10.2 Å². The number of rotatable bonds is 3. The highest BCUT2D eigenvalue weighted by Crippen LogP contribution is 2.25. The molecule has 0 atom stereocenters. The monoisotopic (exact) mass is 358 g/mol. The van der Waals surface area contributed by atoms with E-state index in [2.05, 4.69) is 66.9 Å². The molecule has 5 rings (SSSR count). The average molecular weight is 358 g/mol. The lowest BCUT2D eigenvalue weighted by Gasteiger charge is -2.35. The summed E-state index contributed by atoms with van der Waals surface area (Å²) >= 11 is 0. The minimum atomic E-state index is 0.850. The zero-order valence-corrected chi connectivity index (χ0v) is 15.4. The summed E-state index contributed by atoms with van der Waals surface area (Å²) in [6, 6.07) is 18.9. The van der Waals surface area contributed by atoms with E-state index in [0.717, 1.165) is 61.0 Å². The highest BCUT2D eigenvalue weighted by Gasteiger charge is 2.22. The van der Waals surface area contributed by atoms with Gasteiger partial charge in [0.05, 0.1) is 11.0 Å². The Balaban J connectivity index is 1.43. The van der Waals surface area contributed by atoms with Crippen molar-refractivity contribution in [3.8, 4) is 0 Å². The first kappa shape index (κ1) is 16.2. The summed E-state index contributed by atoms with van der Waals surface area (Å²) in [6.45, 7) is 6.91. The first-order chi connectivity index (χ1) is 13.3. The van der Waals surface area contributed by atoms with Crippen molar-refractivity contribution in [3.63, 3.8) is 0 Å². The molecular formula is C21H22N6. The predicted octanol–water partition coefficient (Wildman–Crippen LogP) is 2.91. The molecule has 3 heterocycles. The van der Waals surface area contributed by atoms with Gasteiger partial charge in [0.1, 0.15) is 5.82 Å². The summed E-state index contributed by atoms with van der Waals surface area (Å²) in [6.07, 6.45) is 0. The topological polar surface area (TPSA) is 49.6 Å². The van der Waals surface area contributed by atoms with Crippen LogP contribution in [0.1, 0.15) is 11.4 Å². The standard InChI is InChI=1S/C21H22N6/c1-16-23-24-21-20(22-18-9-5-6-10-19(18)27(16)21)26-13-11-25(12-14-26)15-17-7-3-2-4-8-17/h2-10H,11-15H2,1H3. The molecule has 0 saturated carbocycles. The van der Waals surface area contributed by atoms with Crippen LogP contribution >= 0.6 is 0 Å². The quantitative estimate of drug-likeness (QED) is 0.564. The fourth-order valence-electron chi connectivity index (χ4n) is 3.88. The summed E-state index contributed by atoms with van der Waals surface area (Å²) in [5.41, 5.74) is 4.25. The van der Waals surface area contributed by atoms with Gasteiger partial charge in [-0.2, -0.15) is 0 Å². The number of benzene rings is 2. The van der Waals surface area contributed by atoms with Crippen LogP contribution in [0.15, 0.2) is 54.6 Å². The van der Waals surface area contributed by atoms with Crippen LogP contribution in [0.4, 0.5) is 5.82 Å². The van der Waals surface area contributed by atoms with Gasteiger partial charge in [0.25, 0.3) is 0 Å². The van der Waals surface area contributed by atoms with Gasteiger partial charge < -0.3 is 4.90 Å². The van der Waals surface area contributed by atoms with E-state index >= 15 is 0 Å². The van der Waals surface area contributed by atoms with E-state index < -0.39 is 0 Å². The molecule has 0 unspecified atom stereocenters. The maximum atomic E-state index is 4.93. The number of fused-ring (bicyclic) bond motifs is 3. The van der Waals surface area contributed by atoms with Crippen molar-refractivity contribution in [2.75, 3.05) is 31.1 Å². The van der Waals surface area contributed by atoms with Crippen LogP contribution in [0.25, 0.3) is 16.7 Å². The van der Waals surface area contributed by atoms with Gasteiger partial charge in [-0.25, -0.2) is 4.98 Å². The van der Waals surface area contributed by atoms with Crippen molar-refractivity contribution >= 4 is 22.5 Å². The molecule has 136 valence electrons. The zero-order chi connectivity index (χ0) is 18.2. The Labute approximate surface area is 158 Å². The van der Waals surface area contributed by atoms with Gasteiger partial charge in [0.2, 0.25) is 5.65 Å². The zero-order valence-electron chi connectivity index (χ0n) is 15.4. The van der Waals surface area contributed by atoms with Crippen LogP contribution in [-0.2, 0) is 6.54 Å². The maximum absolute atomic E-state index is 4.93. The fourth-order valence-corrected chi connectivity index (χ4v) is 3.88. The molecule has 0 bridgehead atoms. The lowest BCUT2D eigenvalue weighted by Crippen LogP contribution is -2.46. The fraction of sp³-hybridized carbons (Fsp3) is 0.286. The molecule has 0 amide bonds. The summed E-state index contributed by atoms with van der Waals surface area (Å²) < 4.78 is 2.12. The van der Waals surface area contributed by atoms with E-state index in [1.807, 2.05) is 19.1 Å². The summed E-state index contributed by atoms with van der Waals surface area (Å²) in [5.74, 6) is 1.83. The van der Waals surface area contributed by atoms with E-state index in [4.69, 9.17) is 4.98 Å². The highest BCUT2D eigenvalue weighted by atomic mass is 15.3. The maximum Gasteiger partial charge on any atom is 0.204 e. The number of hydrogen-bond donors (Lipinski definition) is 0. The molecule has 1 saturated heterocycles. The number of piperazine rings is 1. The minimum absolute atomic E-state index is 0.850. The van der Waals surface area contributed by atoms with E-state index in [9.17, 15) is 0 Å². The molecule has 0 aliphatic carbocycles. The van der Waals surface area contributed by atoms with E-state index in [1.165, 1.54) is 5.56 Å². The van der Waals surface area contributed by atoms with Gasteiger partial charge >= 0.3 is 0 Å². The van der Waals surface area contributed by atoms with E-state index in [1.54, 1.807) is 0 Å². The Morgan fingerprint density at radius 1 is 0.852 bits per heavy atom. The van der Waals surface area contributed by atoms with Gasteiger partial charge in [0.15, 0.2) is 5.82 Å². The first-order valence-electron chi connectivity index (χ1n) is 9.41. The predicted molar refractivity (Wildman–Crippen MR) is 107 cm³/mol. The summed E-state index contributed by atoms with van der Waals surface area (Å²) in [7, 11) is 0. The SMILES string of the molecule is Cc1nnc2c(N3CCN(Cc4ccccc4)CC3)nc3ccccc3n12. The Hall–Kier alpha value is -2.99. The van der Waals surface area contributed by atoms with Crippen LogP contribution < -0.4 is 4.90 Å². The van der Waals surface area contributed by atoms with Crippen LogP contribution in [0, 0.1) is 6.92 Å². The number of aromatic nitrogens is 4. The third-order valence-electron chi connectivity index (χ3n) is 5.29. The molecule has 6 heteroatoms. The van der Waals surface area contributed by atoms with Crippen molar-refractivity contribution in [2.45, 2.75) is 13.5 Å². The normalized spacial score (nSPS) is 15.7. The summed E-state index contributed by atoms with van der Waals surface area (Å²) in [5, 5.41) is 8.73. The number of aryl methyl sites for hydroxylation is 1. The Kier molecular flexibility index (Phi) is 3.98. The van der Waals surface area contributed by atoms with Gasteiger partial charge in [-0.1, -0.05) is 42.5 Å². The molecule has 27 heavy (non-hydrogen) atoms. The largest absolute Gasteiger partial charge is 0.351 e. The second-order valence-corrected chi connectivity index (χ2v) is 7.08. The molecule has 1 aliphatic heterocycles. The molecule has 2 aromatic carbocycles. The molecule has 0 spiro atoms. The average Bonchev–Trinajstić information content (AvgIpc) is 3.11. The Morgan fingerprint density at radius 2 is 1.59 bits per heavy atom. The molecule has 1 aliphatic rings. The van der Waals surface area contributed by atoms with Crippen LogP contribution in [-0.4, -0.2) is 50.7 Å². The van der Waals surface area contributed by atoms with Crippen molar-refractivity contribution < 1.29 is 0 Å². The van der Waals surface area contributed by atoms with Gasteiger partial charge in [-0.05, 0) is 24.6 Å². The Morgan fingerprint density at radius 3 is 2.41 bits per heavy atom. The third kappa shape index (κ3) is 2.92. The molecule has 2 aromatic heterocycles. The lowest BCUT2D eigenvalue weighted by molar-refractivity contribution is 0.249. The van der Waals surface area contributed by atoms with Crippen molar-refractivity contribution in [2.24, 2.45) is 0 Å². The van der Waals surface area contributed by atoms with Crippen LogP contribution in [0.5, 0.6) is 0 Å². The van der Waals surface area contributed by atoms with E-state index in [-0.39, 0.29) is 0 Å². The molecule has 0 radical (unpaired) electrons. The summed E-state index contributed by atoms with van der Waals surface area (Å²) in [4.78, 5) is 9.78.